The Balaban J connectivity index is 2.16. The Morgan fingerprint density at radius 1 is 0.941 bits per heavy atom. The smallest absolute Gasteiger partial charge is 0.338 e. The molecule has 0 aliphatic carbocycles. The second kappa shape index (κ2) is 4.01. The molecule has 1 atom stereocenters. The van der Waals surface area contributed by atoms with Crippen LogP contribution in [-0.2, 0) is 0 Å². The highest BCUT2D eigenvalue weighted by Gasteiger charge is 2.21. The molecule has 0 spiro atoms. The van der Waals surface area contributed by atoms with Gasteiger partial charge >= 0.3 is 6.48 Å². The summed E-state index contributed by atoms with van der Waals surface area (Å²) in [6.45, 7) is -1.62. The minimum absolute atomic E-state index is 0.536. The van der Waals surface area contributed by atoms with Crippen molar-refractivity contribution in [3.05, 3.63) is 65.7 Å². The van der Waals surface area contributed by atoms with Crippen LogP contribution in [0.4, 0.5) is 4.39 Å². The van der Waals surface area contributed by atoms with Crippen molar-refractivity contribution in [3.8, 4) is 5.75 Å². The molecule has 17 heavy (non-hydrogen) atoms. The lowest BCUT2D eigenvalue weighted by Crippen LogP contribution is -2.20. The standard InChI is InChI=1S/C14H10FNO/c15-14-16-13(10-6-2-1-3-7-10)11-8-4-5-9-12(11)17-14/h1-9,14H. The Hall–Kier alpha value is -2.16. The summed E-state index contributed by atoms with van der Waals surface area (Å²) in [6.07, 6.45) is 0. The van der Waals surface area contributed by atoms with Crippen LogP contribution in [0.25, 0.3) is 0 Å². The summed E-state index contributed by atoms with van der Waals surface area (Å²) in [5.74, 6) is 0.536. The van der Waals surface area contributed by atoms with Gasteiger partial charge in [-0.1, -0.05) is 42.5 Å². The molecule has 1 aliphatic heterocycles. The predicted octanol–water partition coefficient (Wildman–Crippen LogP) is 3.17. The van der Waals surface area contributed by atoms with E-state index in [0.717, 1.165) is 11.1 Å². The maximum absolute atomic E-state index is 13.4. The van der Waals surface area contributed by atoms with Gasteiger partial charge < -0.3 is 4.74 Å². The fourth-order valence-corrected chi connectivity index (χ4v) is 1.89. The SMILES string of the molecule is FC1N=C(c2ccccc2)c2ccccc2O1. The number of halogens is 1. The van der Waals surface area contributed by atoms with Gasteiger partial charge in [-0.3, -0.25) is 0 Å². The van der Waals surface area contributed by atoms with Crippen LogP contribution in [0, 0.1) is 0 Å². The van der Waals surface area contributed by atoms with Crippen LogP contribution in [0.5, 0.6) is 5.75 Å². The third-order valence-corrected chi connectivity index (χ3v) is 2.64. The summed E-state index contributed by atoms with van der Waals surface area (Å²) >= 11 is 0. The van der Waals surface area contributed by atoms with Gasteiger partial charge in [0, 0.05) is 11.1 Å². The van der Waals surface area contributed by atoms with Crippen LogP contribution in [0.3, 0.4) is 0 Å². The third-order valence-electron chi connectivity index (χ3n) is 2.64. The molecular formula is C14H10FNO. The van der Waals surface area contributed by atoms with E-state index >= 15 is 0 Å². The molecule has 3 heteroatoms. The molecule has 0 fully saturated rings. The van der Waals surface area contributed by atoms with Crippen molar-refractivity contribution < 1.29 is 9.13 Å². The van der Waals surface area contributed by atoms with E-state index in [-0.39, 0.29) is 0 Å². The molecule has 0 saturated carbocycles. The zero-order valence-electron chi connectivity index (χ0n) is 9.01. The van der Waals surface area contributed by atoms with E-state index in [0.29, 0.717) is 11.5 Å². The molecule has 84 valence electrons. The number of nitrogens with zero attached hydrogens (tertiary/aromatic N) is 1. The van der Waals surface area contributed by atoms with Crippen molar-refractivity contribution in [1.29, 1.82) is 0 Å². The minimum atomic E-state index is -1.62. The van der Waals surface area contributed by atoms with E-state index in [1.165, 1.54) is 0 Å². The van der Waals surface area contributed by atoms with Gasteiger partial charge in [0.2, 0.25) is 0 Å². The summed E-state index contributed by atoms with van der Waals surface area (Å²) < 4.78 is 18.4. The highest BCUT2D eigenvalue weighted by Crippen LogP contribution is 2.28. The topological polar surface area (TPSA) is 21.6 Å². The zero-order chi connectivity index (χ0) is 11.7. The number of rotatable bonds is 1. The number of aliphatic imine (C=N–C) groups is 1. The van der Waals surface area contributed by atoms with Gasteiger partial charge in [-0.2, -0.15) is 4.39 Å². The monoisotopic (exact) mass is 227 g/mol. The summed E-state index contributed by atoms with van der Waals surface area (Å²) in [7, 11) is 0. The van der Waals surface area contributed by atoms with Crippen LogP contribution in [0.1, 0.15) is 11.1 Å². The van der Waals surface area contributed by atoms with Gasteiger partial charge in [-0.05, 0) is 12.1 Å². The first-order chi connectivity index (χ1) is 8.34. The first-order valence-electron chi connectivity index (χ1n) is 5.38. The van der Waals surface area contributed by atoms with Crippen LogP contribution in [-0.4, -0.2) is 12.2 Å². The molecule has 1 aliphatic rings. The largest absolute Gasteiger partial charge is 0.441 e. The fraction of sp³-hybridized carbons (Fsp3) is 0.0714. The maximum Gasteiger partial charge on any atom is 0.338 e. The second-order valence-electron chi connectivity index (χ2n) is 3.75. The van der Waals surface area contributed by atoms with Crippen molar-refractivity contribution in [2.75, 3.05) is 0 Å². The van der Waals surface area contributed by atoms with E-state index in [1.807, 2.05) is 48.5 Å². The van der Waals surface area contributed by atoms with E-state index in [9.17, 15) is 4.39 Å². The highest BCUT2D eigenvalue weighted by molar-refractivity contribution is 6.14. The number of fused-ring (bicyclic) bond motifs is 1. The average molecular weight is 227 g/mol. The van der Waals surface area contributed by atoms with Crippen molar-refractivity contribution in [3.63, 3.8) is 0 Å². The summed E-state index contributed by atoms with van der Waals surface area (Å²) in [5, 5.41) is 0. The van der Waals surface area contributed by atoms with Gasteiger partial charge in [-0.15, -0.1) is 0 Å². The third kappa shape index (κ3) is 1.80. The van der Waals surface area contributed by atoms with Crippen LogP contribution < -0.4 is 4.74 Å². The molecule has 0 N–H and O–H groups in total. The first-order valence-corrected chi connectivity index (χ1v) is 5.38. The average Bonchev–Trinajstić information content (AvgIpc) is 2.39. The number of para-hydroxylation sites is 1. The number of hydrogen-bond acceptors (Lipinski definition) is 2. The number of alkyl halides is 1. The summed E-state index contributed by atoms with van der Waals surface area (Å²) in [5.41, 5.74) is 2.36. The molecule has 0 amide bonds. The van der Waals surface area contributed by atoms with Gasteiger partial charge in [0.15, 0.2) is 0 Å². The molecule has 2 aromatic rings. The molecule has 1 unspecified atom stereocenters. The molecule has 2 nitrogen and oxygen atoms in total. The van der Waals surface area contributed by atoms with Crippen LogP contribution >= 0.6 is 0 Å². The fourth-order valence-electron chi connectivity index (χ4n) is 1.89. The molecular weight excluding hydrogens is 217 g/mol. The van der Waals surface area contributed by atoms with E-state index in [2.05, 4.69) is 4.99 Å². The highest BCUT2D eigenvalue weighted by atomic mass is 19.1. The van der Waals surface area contributed by atoms with Crippen LogP contribution in [0.15, 0.2) is 59.6 Å². The lowest BCUT2D eigenvalue weighted by atomic mass is 10.0. The first kappa shape index (κ1) is 10.0. The Labute approximate surface area is 98.4 Å². The van der Waals surface area contributed by atoms with Crippen molar-refractivity contribution >= 4 is 5.71 Å². The Bertz CT molecular complexity index is 565. The zero-order valence-corrected chi connectivity index (χ0v) is 9.01. The molecule has 1 heterocycles. The maximum atomic E-state index is 13.4. The molecule has 0 bridgehead atoms. The Morgan fingerprint density at radius 3 is 2.47 bits per heavy atom. The van der Waals surface area contributed by atoms with E-state index in [1.54, 1.807) is 6.07 Å². The number of hydrogen-bond donors (Lipinski definition) is 0. The quantitative estimate of drug-likeness (QED) is 0.686. The number of ether oxygens (including phenoxy) is 1. The van der Waals surface area contributed by atoms with Gasteiger partial charge in [0.25, 0.3) is 0 Å². The van der Waals surface area contributed by atoms with E-state index < -0.39 is 6.48 Å². The van der Waals surface area contributed by atoms with Gasteiger partial charge in [0.05, 0.1) is 5.71 Å². The molecule has 2 aromatic carbocycles. The Kier molecular flexibility index (Phi) is 2.37. The summed E-state index contributed by atoms with van der Waals surface area (Å²) in [6, 6.07) is 16.9. The molecule has 0 aromatic heterocycles. The second-order valence-corrected chi connectivity index (χ2v) is 3.75. The van der Waals surface area contributed by atoms with Gasteiger partial charge in [-0.25, -0.2) is 4.99 Å². The van der Waals surface area contributed by atoms with E-state index in [4.69, 9.17) is 4.74 Å². The molecule has 0 radical (unpaired) electrons. The molecule has 3 rings (SSSR count). The van der Waals surface area contributed by atoms with Crippen LogP contribution in [0.2, 0.25) is 0 Å². The van der Waals surface area contributed by atoms with Crippen molar-refractivity contribution in [2.45, 2.75) is 6.48 Å². The van der Waals surface area contributed by atoms with Crippen molar-refractivity contribution in [2.24, 2.45) is 4.99 Å². The van der Waals surface area contributed by atoms with Crippen molar-refractivity contribution in [1.82, 2.24) is 0 Å². The van der Waals surface area contributed by atoms with Gasteiger partial charge in [0.1, 0.15) is 5.75 Å². The lowest BCUT2D eigenvalue weighted by molar-refractivity contribution is 0.0730. The predicted molar refractivity (Wildman–Crippen MR) is 64.0 cm³/mol. The molecule has 0 saturated heterocycles. The summed E-state index contributed by atoms with van der Waals surface area (Å²) in [4.78, 5) is 3.92. The minimum Gasteiger partial charge on any atom is -0.441 e. The Morgan fingerprint density at radius 2 is 1.65 bits per heavy atom. The lowest BCUT2D eigenvalue weighted by Gasteiger charge is -2.20. The normalized spacial score (nSPS) is 17.9. The number of benzene rings is 2.